The molecule has 0 spiro atoms. The van der Waals surface area contributed by atoms with E-state index in [1.165, 1.54) is 12.1 Å². The summed E-state index contributed by atoms with van der Waals surface area (Å²) in [5.41, 5.74) is 0.847. The zero-order valence-corrected chi connectivity index (χ0v) is 8.75. The molecule has 0 aliphatic heterocycles. The first-order valence-corrected chi connectivity index (χ1v) is 4.65. The van der Waals surface area contributed by atoms with Gasteiger partial charge in [-0.3, -0.25) is 0 Å². The minimum absolute atomic E-state index is 0.0875. The molecule has 0 radical (unpaired) electrons. The first kappa shape index (κ1) is 11.5. The van der Waals surface area contributed by atoms with Gasteiger partial charge in [0.2, 0.25) is 0 Å². The van der Waals surface area contributed by atoms with Crippen LogP contribution >= 0.6 is 0 Å². The standard InChI is InChI=1S/C11H13FN2O/c1-8(14-2)9-3-4-11(10(12)7-9)15-6-5-13/h3-4,7-8,14H,6H2,1-2H3. The van der Waals surface area contributed by atoms with Gasteiger partial charge < -0.3 is 10.1 Å². The van der Waals surface area contributed by atoms with Crippen molar-refractivity contribution in [2.24, 2.45) is 0 Å². The Hall–Kier alpha value is -1.60. The highest BCUT2D eigenvalue weighted by Crippen LogP contribution is 2.21. The Labute approximate surface area is 88.5 Å². The van der Waals surface area contributed by atoms with E-state index in [9.17, 15) is 4.39 Å². The second-order valence-electron chi connectivity index (χ2n) is 3.15. The molecule has 0 aromatic heterocycles. The molecule has 4 heteroatoms. The van der Waals surface area contributed by atoms with E-state index >= 15 is 0 Å². The molecule has 3 nitrogen and oxygen atoms in total. The molecule has 0 saturated carbocycles. The number of nitrogens with zero attached hydrogens (tertiary/aromatic N) is 1. The summed E-state index contributed by atoms with van der Waals surface area (Å²) in [6, 6.07) is 6.60. The topological polar surface area (TPSA) is 45.0 Å². The van der Waals surface area contributed by atoms with Crippen LogP contribution in [0.1, 0.15) is 18.5 Å². The first-order chi connectivity index (χ1) is 7.19. The van der Waals surface area contributed by atoms with E-state index < -0.39 is 5.82 Å². The Kier molecular flexibility index (Phi) is 4.07. The maximum absolute atomic E-state index is 13.4. The lowest BCUT2D eigenvalue weighted by atomic mass is 10.1. The Morgan fingerprint density at radius 1 is 1.60 bits per heavy atom. The van der Waals surface area contributed by atoms with Gasteiger partial charge in [-0.1, -0.05) is 6.07 Å². The van der Waals surface area contributed by atoms with Gasteiger partial charge in [0.05, 0.1) is 0 Å². The fraction of sp³-hybridized carbons (Fsp3) is 0.364. The highest BCUT2D eigenvalue weighted by molar-refractivity contribution is 5.31. The van der Waals surface area contributed by atoms with Crippen LogP contribution in [0.3, 0.4) is 0 Å². The average Bonchev–Trinajstić information content (AvgIpc) is 2.26. The van der Waals surface area contributed by atoms with Gasteiger partial charge in [0.15, 0.2) is 18.2 Å². The first-order valence-electron chi connectivity index (χ1n) is 4.65. The van der Waals surface area contributed by atoms with E-state index in [0.717, 1.165) is 5.56 Å². The van der Waals surface area contributed by atoms with E-state index in [0.29, 0.717) is 0 Å². The molecular weight excluding hydrogens is 195 g/mol. The van der Waals surface area contributed by atoms with Crippen molar-refractivity contribution in [3.63, 3.8) is 0 Å². The van der Waals surface area contributed by atoms with E-state index in [1.807, 2.05) is 14.0 Å². The molecule has 15 heavy (non-hydrogen) atoms. The Bertz CT molecular complexity index is 373. The highest BCUT2D eigenvalue weighted by atomic mass is 19.1. The van der Waals surface area contributed by atoms with Crippen LogP contribution in [-0.2, 0) is 0 Å². The molecule has 1 N–H and O–H groups in total. The summed E-state index contributed by atoms with van der Waals surface area (Å²) in [5.74, 6) is -0.326. The monoisotopic (exact) mass is 208 g/mol. The fourth-order valence-electron chi connectivity index (χ4n) is 1.18. The number of nitrogens with one attached hydrogen (secondary N) is 1. The quantitative estimate of drug-likeness (QED) is 0.823. The van der Waals surface area contributed by atoms with Gasteiger partial charge in [0.25, 0.3) is 0 Å². The third kappa shape index (κ3) is 2.93. The van der Waals surface area contributed by atoms with E-state index in [2.05, 4.69) is 5.32 Å². The third-order valence-corrected chi connectivity index (χ3v) is 2.18. The number of ether oxygens (including phenoxy) is 1. The molecule has 0 aliphatic rings. The third-order valence-electron chi connectivity index (χ3n) is 2.18. The summed E-state index contributed by atoms with van der Waals surface area (Å²) in [7, 11) is 1.81. The summed E-state index contributed by atoms with van der Waals surface area (Å²) in [5, 5.41) is 11.3. The van der Waals surface area contributed by atoms with Gasteiger partial charge in [-0.2, -0.15) is 5.26 Å². The largest absolute Gasteiger partial charge is 0.476 e. The van der Waals surface area contributed by atoms with E-state index in [4.69, 9.17) is 10.00 Å². The van der Waals surface area contributed by atoms with Gasteiger partial charge in [0.1, 0.15) is 6.07 Å². The minimum Gasteiger partial charge on any atom is -0.476 e. The molecule has 0 amide bonds. The predicted octanol–water partition coefficient (Wildman–Crippen LogP) is 2.01. The molecule has 0 aliphatic carbocycles. The smallest absolute Gasteiger partial charge is 0.174 e. The van der Waals surface area contributed by atoms with Crippen LogP contribution in [-0.4, -0.2) is 13.7 Å². The maximum Gasteiger partial charge on any atom is 0.174 e. The predicted molar refractivity (Wildman–Crippen MR) is 55.0 cm³/mol. The van der Waals surface area contributed by atoms with Crippen molar-refractivity contribution in [3.8, 4) is 11.8 Å². The lowest BCUT2D eigenvalue weighted by Gasteiger charge is -2.11. The summed E-state index contributed by atoms with van der Waals surface area (Å²) < 4.78 is 18.3. The van der Waals surface area contributed by atoms with Crippen molar-refractivity contribution < 1.29 is 9.13 Å². The van der Waals surface area contributed by atoms with Crippen LogP contribution in [0.2, 0.25) is 0 Å². The summed E-state index contributed by atoms with van der Waals surface area (Å²) in [6.07, 6.45) is 0. The van der Waals surface area contributed by atoms with Crippen LogP contribution in [0, 0.1) is 17.1 Å². The number of hydrogen-bond donors (Lipinski definition) is 1. The fourth-order valence-corrected chi connectivity index (χ4v) is 1.18. The zero-order chi connectivity index (χ0) is 11.3. The minimum atomic E-state index is -0.440. The highest BCUT2D eigenvalue weighted by Gasteiger charge is 2.08. The van der Waals surface area contributed by atoms with Crippen molar-refractivity contribution in [2.75, 3.05) is 13.7 Å². The molecule has 1 unspecified atom stereocenters. The molecule has 0 saturated heterocycles. The van der Waals surface area contributed by atoms with Crippen LogP contribution < -0.4 is 10.1 Å². The number of hydrogen-bond acceptors (Lipinski definition) is 3. The molecule has 0 bridgehead atoms. The number of benzene rings is 1. The molecule has 1 atom stereocenters. The molecule has 1 aromatic rings. The molecule has 1 aromatic carbocycles. The van der Waals surface area contributed by atoms with Crippen molar-refractivity contribution in [2.45, 2.75) is 13.0 Å². The Morgan fingerprint density at radius 2 is 2.33 bits per heavy atom. The van der Waals surface area contributed by atoms with Gasteiger partial charge in [0, 0.05) is 6.04 Å². The molecule has 0 heterocycles. The van der Waals surface area contributed by atoms with Crippen molar-refractivity contribution in [1.82, 2.24) is 5.32 Å². The SMILES string of the molecule is CNC(C)c1ccc(OCC#N)c(F)c1. The van der Waals surface area contributed by atoms with Crippen LogP contribution in [0.25, 0.3) is 0 Å². The van der Waals surface area contributed by atoms with Gasteiger partial charge in [-0.25, -0.2) is 4.39 Å². The number of halogens is 1. The van der Waals surface area contributed by atoms with Gasteiger partial charge >= 0.3 is 0 Å². The molecular formula is C11H13FN2O. The Morgan fingerprint density at radius 3 is 2.87 bits per heavy atom. The normalized spacial score (nSPS) is 11.9. The Balaban J connectivity index is 2.84. The second-order valence-corrected chi connectivity index (χ2v) is 3.15. The van der Waals surface area contributed by atoms with Crippen LogP contribution in [0.5, 0.6) is 5.75 Å². The van der Waals surface area contributed by atoms with Gasteiger partial charge in [-0.15, -0.1) is 0 Å². The van der Waals surface area contributed by atoms with Gasteiger partial charge in [-0.05, 0) is 31.7 Å². The van der Waals surface area contributed by atoms with Crippen LogP contribution in [0.15, 0.2) is 18.2 Å². The van der Waals surface area contributed by atoms with E-state index in [-0.39, 0.29) is 18.4 Å². The van der Waals surface area contributed by atoms with Crippen molar-refractivity contribution in [3.05, 3.63) is 29.6 Å². The molecule has 0 fully saturated rings. The zero-order valence-electron chi connectivity index (χ0n) is 8.75. The summed E-state index contributed by atoms with van der Waals surface area (Å²) in [6.45, 7) is 1.79. The number of nitriles is 1. The summed E-state index contributed by atoms with van der Waals surface area (Å²) >= 11 is 0. The lowest BCUT2D eigenvalue weighted by Crippen LogP contribution is -2.12. The van der Waals surface area contributed by atoms with Crippen LogP contribution in [0.4, 0.5) is 4.39 Å². The van der Waals surface area contributed by atoms with Crippen molar-refractivity contribution in [1.29, 1.82) is 5.26 Å². The second kappa shape index (κ2) is 5.32. The maximum atomic E-state index is 13.4. The summed E-state index contributed by atoms with van der Waals surface area (Å²) in [4.78, 5) is 0. The molecule has 1 rings (SSSR count). The van der Waals surface area contributed by atoms with Crippen molar-refractivity contribution >= 4 is 0 Å². The lowest BCUT2D eigenvalue weighted by molar-refractivity contribution is 0.346. The average molecular weight is 208 g/mol. The van der Waals surface area contributed by atoms with E-state index in [1.54, 1.807) is 12.1 Å². The number of rotatable bonds is 4. The molecule has 80 valence electrons.